The zero-order valence-electron chi connectivity index (χ0n) is 22.4. The predicted octanol–water partition coefficient (Wildman–Crippen LogP) is 3.81. The third kappa shape index (κ3) is 5.13. The van der Waals surface area contributed by atoms with Gasteiger partial charge < -0.3 is 19.6 Å². The number of thioether (sulfide) groups is 1. The van der Waals surface area contributed by atoms with E-state index >= 15 is 0 Å². The summed E-state index contributed by atoms with van der Waals surface area (Å²) in [6, 6.07) is -0.622. The maximum Gasteiger partial charge on any atom is 0.310 e. The molecule has 1 N–H and O–H groups in total. The Morgan fingerprint density at radius 1 is 1.22 bits per heavy atom. The van der Waals surface area contributed by atoms with Gasteiger partial charge in [0.25, 0.3) is 0 Å². The van der Waals surface area contributed by atoms with E-state index in [1.54, 1.807) is 28.8 Å². The molecule has 0 aromatic carbocycles. The molecule has 0 aliphatic carbocycles. The number of carbonyl (C=O) groups excluding carboxylic acids is 3. The van der Waals surface area contributed by atoms with Crippen molar-refractivity contribution in [2.24, 2.45) is 17.8 Å². The number of hydrogen-bond acceptors (Lipinski definition) is 6. The minimum absolute atomic E-state index is 0.0188. The van der Waals surface area contributed by atoms with E-state index < -0.39 is 28.2 Å². The van der Waals surface area contributed by atoms with E-state index in [-0.39, 0.29) is 42.2 Å². The molecule has 36 heavy (non-hydrogen) atoms. The Balaban J connectivity index is 1.98. The number of nitrogens with zero attached hydrogens (tertiary/aromatic N) is 2. The fourth-order valence-electron chi connectivity index (χ4n) is 6.37. The van der Waals surface area contributed by atoms with Crippen molar-refractivity contribution in [2.75, 3.05) is 26.3 Å². The van der Waals surface area contributed by atoms with Gasteiger partial charge in [0.15, 0.2) is 0 Å². The molecule has 6 atom stereocenters. The molecule has 3 aliphatic rings. The second-order valence-electron chi connectivity index (χ2n) is 11.4. The lowest BCUT2D eigenvalue weighted by Crippen LogP contribution is -2.60. The molecule has 0 radical (unpaired) electrons. The van der Waals surface area contributed by atoms with Crippen LogP contribution in [-0.2, 0) is 19.1 Å². The number of esters is 1. The normalized spacial score (nSPS) is 30.9. The Kier molecular flexibility index (Phi) is 9.36. The highest BCUT2D eigenvalue weighted by Crippen LogP contribution is 2.68. The first-order chi connectivity index (χ1) is 17.1. The first-order valence-corrected chi connectivity index (χ1v) is 14.2. The third-order valence-corrected chi connectivity index (χ3v) is 10.1. The zero-order chi connectivity index (χ0) is 26.7. The fraction of sp³-hybridized carbons (Fsp3) is 0.750. The molecule has 0 aromatic heterocycles. The number of fused-ring (bicyclic) bond motifs is 1. The molecule has 0 aromatic rings. The Labute approximate surface area is 220 Å². The Morgan fingerprint density at radius 3 is 2.53 bits per heavy atom. The Hall–Kier alpha value is -1.80. The molecule has 7 nitrogen and oxygen atoms in total. The van der Waals surface area contributed by atoms with Crippen LogP contribution in [-0.4, -0.2) is 80.6 Å². The van der Waals surface area contributed by atoms with Crippen LogP contribution in [0.2, 0.25) is 0 Å². The van der Waals surface area contributed by atoms with Crippen molar-refractivity contribution in [2.45, 2.75) is 87.8 Å². The molecule has 3 heterocycles. The summed E-state index contributed by atoms with van der Waals surface area (Å²) in [6.07, 6.45) is 8.04. The van der Waals surface area contributed by atoms with Gasteiger partial charge in [0.2, 0.25) is 11.8 Å². The van der Waals surface area contributed by atoms with Gasteiger partial charge in [0.05, 0.1) is 23.2 Å². The molecule has 3 rings (SSSR count). The molecule has 1 spiro atoms. The van der Waals surface area contributed by atoms with Crippen LogP contribution in [0.4, 0.5) is 0 Å². The smallest absolute Gasteiger partial charge is 0.310 e. The van der Waals surface area contributed by atoms with Gasteiger partial charge in [0, 0.05) is 30.5 Å². The van der Waals surface area contributed by atoms with Crippen molar-refractivity contribution < 1.29 is 24.2 Å². The van der Waals surface area contributed by atoms with Crippen molar-refractivity contribution in [3.05, 3.63) is 25.3 Å². The zero-order valence-corrected chi connectivity index (χ0v) is 23.2. The number of aliphatic hydroxyl groups is 1. The van der Waals surface area contributed by atoms with Gasteiger partial charge in [-0.25, -0.2) is 0 Å². The maximum absolute atomic E-state index is 14.3. The summed E-state index contributed by atoms with van der Waals surface area (Å²) < 4.78 is 4.94. The lowest BCUT2D eigenvalue weighted by Gasteiger charge is -2.44. The molecule has 3 aliphatic heterocycles. The van der Waals surface area contributed by atoms with Gasteiger partial charge in [-0.2, -0.15) is 0 Å². The number of likely N-dealkylation sites (tertiary alicyclic amines) is 1. The largest absolute Gasteiger partial charge is 0.465 e. The highest BCUT2D eigenvalue weighted by molar-refractivity contribution is 8.02. The molecule has 2 amide bonds. The molecule has 202 valence electrons. The quantitative estimate of drug-likeness (QED) is 0.226. The molecule has 8 heteroatoms. The molecule has 0 saturated carbocycles. The van der Waals surface area contributed by atoms with Crippen molar-refractivity contribution in [3.8, 4) is 0 Å². The highest BCUT2D eigenvalue weighted by Gasteiger charge is 2.76. The third-order valence-electron chi connectivity index (χ3n) is 8.01. The fourth-order valence-corrected chi connectivity index (χ4v) is 8.77. The van der Waals surface area contributed by atoms with E-state index in [9.17, 15) is 14.4 Å². The average Bonchev–Trinajstić information content (AvgIpc) is 3.40. The van der Waals surface area contributed by atoms with Gasteiger partial charge >= 0.3 is 5.97 Å². The SMILES string of the molecule is C=CCCOC(=O)[C@@H]1[C@H]2C(=O)N(CCCCCCO)C(C(=O)N(CC=C)C(C)(C)C)C23S[C@@H]1CC3C. The number of amides is 2. The number of unbranched alkanes of at least 4 members (excludes halogenated alkanes) is 3. The van der Waals surface area contributed by atoms with Crippen LogP contribution in [0.15, 0.2) is 25.3 Å². The summed E-state index contributed by atoms with van der Waals surface area (Å²) in [6.45, 7) is 17.0. The van der Waals surface area contributed by atoms with Crippen LogP contribution in [0, 0.1) is 17.8 Å². The summed E-state index contributed by atoms with van der Waals surface area (Å²) in [7, 11) is 0. The molecule has 3 fully saturated rings. The van der Waals surface area contributed by atoms with Crippen LogP contribution in [0.25, 0.3) is 0 Å². The first kappa shape index (κ1) is 28.8. The monoisotopic (exact) mass is 520 g/mol. The van der Waals surface area contributed by atoms with Gasteiger partial charge in [-0.3, -0.25) is 14.4 Å². The van der Waals surface area contributed by atoms with Crippen LogP contribution in [0.3, 0.4) is 0 Å². The van der Waals surface area contributed by atoms with Crippen molar-refractivity contribution >= 4 is 29.5 Å². The summed E-state index contributed by atoms with van der Waals surface area (Å²) >= 11 is 1.68. The minimum Gasteiger partial charge on any atom is -0.465 e. The van der Waals surface area contributed by atoms with Crippen LogP contribution >= 0.6 is 11.8 Å². The predicted molar refractivity (Wildman–Crippen MR) is 143 cm³/mol. The number of carbonyl (C=O) groups is 3. The number of ether oxygens (including phenoxy) is 1. The molecule has 3 saturated heterocycles. The molecule has 2 bridgehead atoms. The molecule has 3 unspecified atom stereocenters. The van der Waals surface area contributed by atoms with Gasteiger partial charge in [-0.15, -0.1) is 24.9 Å². The standard InChI is InChI=1S/C28H44N2O5S/c1-7-9-17-35-26(34)21-20-18-19(3)28(36-20)22(21)24(32)29(15-12-10-11-13-16-31)23(28)25(33)30(14-8-2)27(4,5)6/h7-8,19-23,31H,1-2,9-18H2,3-6H3/t19?,20-,21+,22+,23?,28?/m1/s1. The van der Waals surface area contributed by atoms with Gasteiger partial charge in [0.1, 0.15) is 6.04 Å². The molecular formula is C28H44N2O5S. The number of rotatable bonds is 13. The Bertz CT molecular complexity index is 855. The van der Waals surface area contributed by atoms with E-state index in [0.29, 0.717) is 19.5 Å². The van der Waals surface area contributed by atoms with Crippen LogP contribution in [0.5, 0.6) is 0 Å². The summed E-state index contributed by atoms with van der Waals surface area (Å²) in [5.74, 6) is -1.43. The van der Waals surface area contributed by atoms with Crippen LogP contribution < -0.4 is 0 Å². The average molecular weight is 521 g/mol. The second kappa shape index (κ2) is 11.7. The first-order valence-electron chi connectivity index (χ1n) is 13.3. The number of hydrogen-bond donors (Lipinski definition) is 1. The van der Waals surface area contributed by atoms with E-state index in [4.69, 9.17) is 9.84 Å². The van der Waals surface area contributed by atoms with E-state index in [1.165, 1.54) is 0 Å². The maximum atomic E-state index is 14.3. The molecular weight excluding hydrogens is 476 g/mol. The lowest BCUT2D eigenvalue weighted by molar-refractivity contribution is -0.154. The second-order valence-corrected chi connectivity index (χ2v) is 12.9. The summed E-state index contributed by atoms with van der Waals surface area (Å²) in [4.78, 5) is 45.3. The lowest BCUT2D eigenvalue weighted by atomic mass is 9.66. The van der Waals surface area contributed by atoms with Crippen LogP contribution in [0.1, 0.15) is 66.2 Å². The Morgan fingerprint density at radius 2 is 1.92 bits per heavy atom. The summed E-state index contributed by atoms with van der Waals surface area (Å²) in [5.41, 5.74) is -0.441. The summed E-state index contributed by atoms with van der Waals surface area (Å²) in [5, 5.41) is 9.10. The van der Waals surface area contributed by atoms with Gasteiger partial charge in [-0.05, 0) is 52.4 Å². The minimum atomic E-state index is -0.642. The van der Waals surface area contributed by atoms with Crippen molar-refractivity contribution in [1.82, 2.24) is 9.80 Å². The van der Waals surface area contributed by atoms with Crippen molar-refractivity contribution in [3.63, 3.8) is 0 Å². The van der Waals surface area contributed by atoms with Crippen molar-refractivity contribution in [1.29, 1.82) is 0 Å². The number of aliphatic hydroxyl groups excluding tert-OH is 1. The van der Waals surface area contributed by atoms with E-state index in [0.717, 1.165) is 32.1 Å². The highest BCUT2D eigenvalue weighted by atomic mass is 32.2. The van der Waals surface area contributed by atoms with E-state index in [1.807, 2.05) is 25.7 Å². The van der Waals surface area contributed by atoms with Gasteiger partial charge in [-0.1, -0.05) is 31.9 Å². The van der Waals surface area contributed by atoms with E-state index in [2.05, 4.69) is 20.1 Å². The topological polar surface area (TPSA) is 87.1 Å².